The third-order valence-corrected chi connectivity index (χ3v) is 4.67. The first-order chi connectivity index (χ1) is 12.6. The highest BCUT2D eigenvalue weighted by Crippen LogP contribution is 2.35. The first-order valence-electron chi connectivity index (χ1n) is 7.57. The second-order valence-corrected chi connectivity index (χ2v) is 6.85. The van der Waals surface area contributed by atoms with Gasteiger partial charge in [0.2, 0.25) is 0 Å². The molecule has 3 aromatic rings. The van der Waals surface area contributed by atoms with Crippen LogP contribution in [0.2, 0.25) is 0 Å². The molecular weight excluding hydrogens is 483 g/mol. The summed E-state index contributed by atoms with van der Waals surface area (Å²) in [5, 5.41) is 0. The van der Waals surface area contributed by atoms with Crippen LogP contribution >= 0.6 is 22.6 Å². The summed E-state index contributed by atoms with van der Waals surface area (Å²) in [5.41, 5.74) is -0.647. The number of nitrogens with zero attached hydrogens (tertiary/aromatic N) is 1. The molecule has 0 fully saturated rings. The highest BCUT2D eigenvalue weighted by atomic mass is 127. The minimum absolute atomic E-state index is 0.231. The Labute approximate surface area is 164 Å². The summed E-state index contributed by atoms with van der Waals surface area (Å²) in [5.74, 6) is 0. The molecule has 0 atom stereocenters. The number of rotatable bonds is 2. The van der Waals surface area contributed by atoms with Crippen LogP contribution in [0, 0.1) is 3.57 Å². The lowest BCUT2D eigenvalue weighted by molar-refractivity contribution is -0.138. The number of hydrogen-bond acceptors (Lipinski definition) is 1. The molecule has 2 aromatic carbocycles. The van der Waals surface area contributed by atoms with Crippen molar-refractivity contribution >= 4 is 22.6 Å². The largest absolute Gasteiger partial charge is 0.416 e. The molecule has 0 aliphatic rings. The third-order valence-electron chi connectivity index (χ3n) is 3.80. The highest BCUT2D eigenvalue weighted by Gasteiger charge is 2.31. The summed E-state index contributed by atoms with van der Waals surface area (Å²) >= 11 is 1.93. The zero-order chi connectivity index (χ0) is 19.8. The SMILES string of the molecule is FC(F)(F)c1cccc(-c2ccc(I)c(-c3cccc(C(F)(F)F)c3)n2)c1. The van der Waals surface area contributed by atoms with Crippen molar-refractivity contribution in [2.75, 3.05) is 0 Å². The van der Waals surface area contributed by atoms with E-state index >= 15 is 0 Å². The molecule has 0 aliphatic heterocycles. The highest BCUT2D eigenvalue weighted by molar-refractivity contribution is 14.1. The molecule has 0 spiro atoms. The minimum Gasteiger partial charge on any atom is -0.247 e. The van der Waals surface area contributed by atoms with Crippen LogP contribution in [0.4, 0.5) is 26.3 Å². The average Bonchev–Trinajstić information content (AvgIpc) is 2.61. The normalized spacial score (nSPS) is 12.3. The predicted octanol–water partition coefficient (Wildman–Crippen LogP) is 7.06. The Balaban J connectivity index is 2.09. The van der Waals surface area contributed by atoms with Gasteiger partial charge in [-0.2, -0.15) is 26.3 Å². The van der Waals surface area contributed by atoms with Crippen molar-refractivity contribution in [3.63, 3.8) is 0 Å². The molecule has 140 valence electrons. The minimum atomic E-state index is -4.50. The Morgan fingerprint density at radius 2 is 1.19 bits per heavy atom. The molecule has 1 aromatic heterocycles. The van der Waals surface area contributed by atoms with Gasteiger partial charge in [-0.3, -0.25) is 0 Å². The van der Waals surface area contributed by atoms with Gasteiger partial charge in [0.1, 0.15) is 0 Å². The first-order valence-corrected chi connectivity index (χ1v) is 8.65. The average molecular weight is 493 g/mol. The van der Waals surface area contributed by atoms with E-state index in [4.69, 9.17) is 0 Å². The van der Waals surface area contributed by atoms with E-state index in [9.17, 15) is 26.3 Å². The van der Waals surface area contributed by atoms with Gasteiger partial charge in [-0.05, 0) is 59.0 Å². The van der Waals surface area contributed by atoms with Gasteiger partial charge in [0.05, 0.1) is 22.5 Å². The maximum atomic E-state index is 13.0. The van der Waals surface area contributed by atoms with Crippen molar-refractivity contribution in [3.05, 3.63) is 75.4 Å². The fourth-order valence-corrected chi connectivity index (χ4v) is 3.11. The third kappa shape index (κ3) is 4.42. The molecule has 8 heteroatoms. The molecule has 0 radical (unpaired) electrons. The summed E-state index contributed by atoms with van der Waals surface area (Å²) in [6.07, 6.45) is -9.00. The molecule has 0 bridgehead atoms. The number of pyridine rings is 1. The van der Waals surface area contributed by atoms with Crippen LogP contribution in [0.15, 0.2) is 60.7 Å². The van der Waals surface area contributed by atoms with Crippen molar-refractivity contribution < 1.29 is 26.3 Å². The van der Waals surface area contributed by atoms with Crippen molar-refractivity contribution in [1.82, 2.24) is 4.98 Å². The summed E-state index contributed by atoms with van der Waals surface area (Å²) in [7, 11) is 0. The zero-order valence-electron chi connectivity index (χ0n) is 13.4. The van der Waals surface area contributed by atoms with Gasteiger partial charge < -0.3 is 0 Å². The van der Waals surface area contributed by atoms with Crippen molar-refractivity contribution in [3.8, 4) is 22.5 Å². The Kier molecular flexibility index (Phi) is 5.20. The summed E-state index contributed by atoms with van der Waals surface area (Å²) in [4.78, 5) is 4.32. The van der Waals surface area contributed by atoms with E-state index in [-0.39, 0.29) is 22.5 Å². The topological polar surface area (TPSA) is 12.9 Å². The van der Waals surface area contributed by atoms with E-state index in [2.05, 4.69) is 4.98 Å². The molecule has 1 heterocycles. The van der Waals surface area contributed by atoms with Crippen LogP contribution in [0.1, 0.15) is 11.1 Å². The lowest BCUT2D eigenvalue weighted by atomic mass is 10.0. The smallest absolute Gasteiger partial charge is 0.247 e. The van der Waals surface area contributed by atoms with Gasteiger partial charge in [-0.15, -0.1) is 0 Å². The zero-order valence-corrected chi connectivity index (χ0v) is 15.5. The van der Waals surface area contributed by atoms with Gasteiger partial charge in [0.15, 0.2) is 0 Å². The van der Waals surface area contributed by atoms with E-state index in [0.29, 0.717) is 3.57 Å². The van der Waals surface area contributed by atoms with Crippen molar-refractivity contribution in [2.45, 2.75) is 12.4 Å². The van der Waals surface area contributed by atoms with Crippen LogP contribution < -0.4 is 0 Å². The second-order valence-electron chi connectivity index (χ2n) is 5.68. The molecule has 0 saturated carbocycles. The van der Waals surface area contributed by atoms with Crippen LogP contribution in [-0.4, -0.2) is 4.98 Å². The molecule has 0 N–H and O–H groups in total. The Hall–Kier alpha value is -2.10. The fourth-order valence-electron chi connectivity index (χ4n) is 2.50. The van der Waals surface area contributed by atoms with Crippen LogP contribution in [0.3, 0.4) is 0 Å². The molecule has 0 unspecified atom stereocenters. The van der Waals surface area contributed by atoms with Gasteiger partial charge >= 0.3 is 12.4 Å². The quantitative estimate of drug-likeness (QED) is 0.275. The second kappa shape index (κ2) is 7.14. The van der Waals surface area contributed by atoms with E-state index < -0.39 is 23.5 Å². The molecule has 0 saturated heterocycles. The van der Waals surface area contributed by atoms with E-state index in [1.54, 1.807) is 6.07 Å². The first kappa shape index (κ1) is 19.7. The van der Waals surface area contributed by atoms with E-state index in [0.717, 1.165) is 24.3 Å². The number of benzene rings is 2. The molecular formula is C19H10F6IN. The number of halogens is 7. The van der Waals surface area contributed by atoms with Gasteiger partial charge in [0.25, 0.3) is 0 Å². The lowest BCUT2D eigenvalue weighted by Gasteiger charge is -2.12. The molecule has 1 nitrogen and oxygen atoms in total. The van der Waals surface area contributed by atoms with E-state index in [1.807, 2.05) is 22.6 Å². The fraction of sp³-hybridized carbons (Fsp3) is 0.105. The Bertz CT molecular complexity index is 978. The monoisotopic (exact) mass is 493 g/mol. The summed E-state index contributed by atoms with van der Waals surface area (Å²) < 4.78 is 78.2. The molecule has 0 amide bonds. The molecule has 27 heavy (non-hydrogen) atoms. The maximum Gasteiger partial charge on any atom is 0.416 e. The maximum absolute atomic E-state index is 13.0. The molecule has 0 aliphatic carbocycles. The van der Waals surface area contributed by atoms with Crippen molar-refractivity contribution in [2.24, 2.45) is 0 Å². The lowest BCUT2D eigenvalue weighted by Crippen LogP contribution is -2.05. The van der Waals surface area contributed by atoms with Crippen LogP contribution in [0.5, 0.6) is 0 Å². The number of aromatic nitrogens is 1. The Morgan fingerprint density at radius 1 is 0.667 bits per heavy atom. The number of hydrogen-bond donors (Lipinski definition) is 0. The van der Waals surface area contributed by atoms with E-state index in [1.165, 1.54) is 30.3 Å². The van der Waals surface area contributed by atoms with Gasteiger partial charge in [-0.25, -0.2) is 4.98 Å². The van der Waals surface area contributed by atoms with Gasteiger partial charge in [0, 0.05) is 14.7 Å². The standard InChI is InChI=1S/C19H10F6IN/c20-18(21,22)13-5-1-3-11(9-13)16-8-7-15(26)17(27-16)12-4-2-6-14(10-12)19(23,24)25/h1-10H. The Morgan fingerprint density at radius 3 is 1.74 bits per heavy atom. The summed E-state index contributed by atoms with van der Waals surface area (Å²) in [6.45, 7) is 0. The predicted molar refractivity (Wildman–Crippen MR) is 97.8 cm³/mol. The molecule has 3 rings (SSSR count). The number of alkyl halides is 6. The van der Waals surface area contributed by atoms with Gasteiger partial charge in [-0.1, -0.05) is 24.3 Å². The van der Waals surface area contributed by atoms with Crippen LogP contribution in [-0.2, 0) is 12.4 Å². The summed E-state index contributed by atoms with van der Waals surface area (Å²) in [6, 6.07) is 12.5. The van der Waals surface area contributed by atoms with Crippen LogP contribution in [0.25, 0.3) is 22.5 Å². The van der Waals surface area contributed by atoms with Crippen molar-refractivity contribution in [1.29, 1.82) is 0 Å².